The zero-order chi connectivity index (χ0) is 14.0. The summed E-state index contributed by atoms with van der Waals surface area (Å²) < 4.78 is 14.2. The molecule has 0 saturated heterocycles. The summed E-state index contributed by atoms with van der Waals surface area (Å²) >= 11 is 4.57. The molecular formula is C13H12BrFN2OS. The van der Waals surface area contributed by atoms with E-state index in [1.807, 2.05) is 6.92 Å². The van der Waals surface area contributed by atoms with Crippen LogP contribution in [0.5, 0.6) is 0 Å². The summed E-state index contributed by atoms with van der Waals surface area (Å²) in [7, 11) is 1.65. The first-order valence-electron chi connectivity index (χ1n) is 5.59. The van der Waals surface area contributed by atoms with Crippen molar-refractivity contribution < 1.29 is 9.18 Å². The maximum Gasteiger partial charge on any atom is 0.256 e. The maximum absolute atomic E-state index is 13.9. The van der Waals surface area contributed by atoms with Gasteiger partial charge in [-0.1, -0.05) is 6.07 Å². The van der Waals surface area contributed by atoms with Crippen LogP contribution in [-0.4, -0.2) is 22.8 Å². The van der Waals surface area contributed by atoms with E-state index in [1.54, 1.807) is 24.7 Å². The first-order chi connectivity index (χ1) is 9.00. The third-order valence-electron chi connectivity index (χ3n) is 2.75. The Hall–Kier alpha value is -1.27. The lowest BCUT2D eigenvalue weighted by Crippen LogP contribution is -2.27. The lowest BCUT2D eigenvalue weighted by atomic mass is 10.2. The minimum absolute atomic E-state index is 0.0686. The summed E-state index contributed by atoms with van der Waals surface area (Å²) in [6.07, 6.45) is 0. The number of hydrogen-bond donors (Lipinski definition) is 0. The van der Waals surface area contributed by atoms with E-state index in [-0.39, 0.29) is 11.5 Å². The van der Waals surface area contributed by atoms with Gasteiger partial charge in [0.2, 0.25) is 0 Å². The van der Waals surface area contributed by atoms with Crippen molar-refractivity contribution in [2.75, 3.05) is 7.05 Å². The molecule has 1 aromatic heterocycles. The van der Waals surface area contributed by atoms with Gasteiger partial charge in [-0.05, 0) is 35.0 Å². The van der Waals surface area contributed by atoms with E-state index < -0.39 is 5.82 Å². The van der Waals surface area contributed by atoms with Crippen molar-refractivity contribution in [1.82, 2.24) is 9.88 Å². The van der Waals surface area contributed by atoms with Crippen molar-refractivity contribution in [3.63, 3.8) is 0 Å². The summed E-state index contributed by atoms with van der Waals surface area (Å²) in [5.74, 6) is -0.869. The van der Waals surface area contributed by atoms with E-state index in [9.17, 15) is 9.18 Å². The molecule has 1 amide bonds. The monoisotopic (exact) mass is 342 g/mol. The van der Waals surface area contributed by atoms with Gasteiger partial charge >= 0.3 is 0 Å². The molecule has 3 nitrogen and oxygen atoms in total. The smallest absolute Gasteiger partial charge is 0.256 e. The Balaban J connectivity index is 2.20. The first kappa shape index (κ1) is 14.1. The standard InChI is InChI=1S/C13H12BrFN2OS/c1-8-11(19-7-16-8)6-17(2)13(18)9-4-3-5-10(14)12(9)15/h3-5,7H,6H2,1-2H3. The maximum atomic E-state index is 13.9. The van der Waals surface area contributed by atoms with Gasteiger partial charge in [-0.3, -0.25) is 4.79 Å². The molecule has 0 aliphatic heterocycles. The molecule has 0 radical (unpaired) electrons. The molecule has 6 heteroatoms. The van der Waals surface area contributed by atoms with Crippen molar-refractivity contribution in [3.05, 3.63) is 50.1 Å². The predicted molar refractivity (Wildman–Crippen MR) is 76.7 cm³/mol. The molecular weight excluding hydrogens is 331 g/mol. The van der Waals surface area contributed by atoms with Crippen molar-refractivity contribution in [3.8, 4) is 0 Å². The van der Waals surface area contributed by atoms with Crippen LogP contribution in [0.15, 0.2) is 28.2 Å². The molecule has 0 aliphatic carbocycles. The van der Waals surface area contributed by atoms with Crippen molar-refractivity contribution in [1.29, 1.82) is 0 Å². The van der Waals surface area contributed by atoms with Crippen molar-refractivity contribution in [2.45, 2.75) is 13.5 Å². The highest BCUT2D eigenvalue weighted by Crippen LogP contribution is 2.21. The summed E-state index contributed by atoms with van der Waals surface area (Å²) in [6, 6.07) is 4.70. The number of halogens is 2. The average Bonchev–Trinajstić information content (AvgIpc) is 2.77. The fraction of sp³-hybridized carbons (Fsp3) is 0.231. The van der Waals surface area contributed by atoms with Crippen LogP contribution in [0.3, 0.4) is 0 Å². The molecule has 0 aliphatic rings. The van der Waals surface area contributed by atoms with Crippen molar-refractivity contribution in [2.24, 2.45) is 0 Å². The minimum atomic E-state index is -0.527. The number of aromatic nitrogens is 1. The van der Waals surface area contributed by atoms with E-state index in [1.165, 1.54) is 22.3 Å². The second-order valence-corrected chi connectivity index (χ2v) is 5.92. The number of amides is 1. The quantitative estimate of drug-likeness (QED) is 0.853. The van der Waals surface area contributed by atoms with Crippen LogP contribution in [0, 0.1) is 12.7 Å². The largest absolute Gasteiger partial charge is 0.336 e. The van der Waals surface area contributed by atoms with Gasteiger partial charge in [-0.15, -0.1) is 11.3 Å². The molecule has 0 atom stereocenters. The molecule has 0 N–H and O–H groups in total. The molecule has 1 heterocycles. The second kappa shape index (κ2) is 5.79. The summed E-state index contributed by atoms with van der Waals surface area (Å²) in [5, 5.41) is 0. The van der Waals surface area contributed by atoms with Gasteiger partial charge < -0.3 is 4.90 Å². The highest BCUT2D eigenvalue weighted by Gasteiger charge is 2.18. The van der Waals surface area contributed by atoms with E-state index in [0.717, 1.165) is 10.6 Å². The third-order valence-corrected chi connectivity index (χ3v) is 4.29. The fourth-order valence-corrected chi connectivity index (χ4v) is 2.84. The number of benzene rings is 1. The Bertz CT molecular complexity index is 614. The molecule has 1 aromatic carbocycles. The van der Waals surface area contributed by atoms with Crippen LogP contribution in [0.4, 0.5) is 4.39 Å². The lowest BCUT2D eigenvalue weighted by molar-refractivity contribution is 0.0781. The number of aryl methyl sites for hydroxylation is 1. The SMILES string of the molecule is Cc1ncsc1CN(C)C(=O)c1cccc(Br)c1F. The third kappa shape index (κ3) is 3.01. The van der Waals surface area contributed by atoms with Crippen LogP contribution < -0.4 is 0 Å². The minimum Gasteiger partial charge on any atom is -0.336 e. The van der Waals surface area contributed by atoms with Crippen LogP contribution in [0.1, 0.15) is 20.9 Å². The van der Waals surface area contributed by atoms with Gasteiger partial charge in [0.15, 0.2) is 0 Å². The molecule has 2 aromatic rings. The van der Waals surface area contributed by atoms with E-state index in [4.69, 9.17) is 0 Å². The number of carbonyl (C=O) groups excluding carboxylic acids is 1. The number of thiazole rings is 1. The van der Waals surface area contributed by atoms with E-state index >= 15 is 0 Å². The molecule has 0 saturated carbocycles. The lowest BCUT2D eigenvalue weighted by Gasteiger charge is -2.17. The highest BCUT2D eigenvalue weighted by atomic mass is 79.9. The van der Waals surface area contributed by atoms with Crippen molar-refractivity contribution >= 4 is 33.2 Å². The second-order valence-electron chi connectivity index (χ2n) is 4.12. The number of rotatable bonds is 3. The number of nitrogens with zero attached hydrogens (tertiary/aromatic N) is 2. The Morgan fingerprint density at radius 2 is 2.26 bits per heavy atom. The Labute approximate surface area is 123 Å². The molecule has 0 bridgehead atoms. The van der Waals surface area contributed by atoms with E-state index in [2.05, 4.69) is 20.9 Å². The zero-order valence-electron chi connectivity index (χ0n) is 10.5. The summed E-state index contributed by atoms with van der Waals surface area (Å²) in [4.78, 5) is 18.8. The summed E-state index contributed by atoms with van der Waals surface area (Å²) in [5.41, 5.74) is 2.71. The molecule has 2 rings (SSSR count). The summed E-state index contributed by atoms with van der Waals surface area (Å²) in [6.45, 7) is 2.32. The van der Waals surface area contributed by atoms with Gasteiger partial charge in [0.1, 0.15) is 5.82 Å². The van der Waals surface area contributed by atoms with Gasteiger partial charge in [0.25, 0.3) is 5.91 Å². The normalized spacial score (nSPS) is 10.5. The predicted octanol–water partition coefficient (Wildman–Crippen LogP) is 3.63. The van der Waals surface area contributed by atoms with Gasteiger partial charge in [-0.25, -0.2) is 9.37 Å². The van der Waals surface area contributed by atoms with Crippen LogP contribution in [0.2, 0.25) is 0 Å². The Morgan fingerprint density at radius 3 is 2.89 bits per heavy atom. The number of hydrogen-bond acceptors (Lipinski definition) is 3. The van der Waals surface area contributed by atoms with Crippen LogP contribution in [-0.2, 0) is 6.54 Å². The fourth-order valence-electron chi connectivity index (χ4n) is 1.64. The Kier molecular flexibility index (Phi) is 4.31. The molecule has 100 valence electrons. The topological polar surface area (TPSA) is 33.2 Å². The highest BCUT2D eigenvalue weighted by molar-refractivity contribution is 9.10. The zero-order valence-corrected chi connectivity index (χ0v) is 12.9. The first-order valence-corrected chi connectivity index (χ1v) is 7.26. The number of carbonyl (C=O) groups is 1. The average molecular weight is 343 g/mol. The Morgan fingerprint density at radius 1 is 1.53 bits per heavy atom. The van der Waals surface area contributed by atoms with E-state index in [0.29, 0.717) is 11.0 Å². The molecule has 19 heavy (non-hydrogen) atoms. The van der Waals surface area contributed by atoms with Crippen LogP contribution in [0.25, 0.3) is 0 Å². The van der Waals surface area contributed by atoms with Gasteiger partial charge in [0.05, 0.1) is 27.8 Å². The molecule has 0 spiro atoms. The van der Waals surface area contributed by atoms with Gasteiger partial charge in [-0.2, -0.15) is 0 Å². The molecule has 0 unspecified atom stereocenters. The molecule has 0 fully saturated rings. The van der Waals surface area contributed by atoms with Crippen LogP contribution >= 0.6 is 27.3 Å². The van der Waals surface area contributed by atoms with Gasteiger partial charge in [0, 0.05) is 11.9 Å².